The van der Waals surface area contributed by atoms with Crippen LogP contribution in [0.2, 0.25) is 0 Å². The Morgan fingerprint density at radius 3 is 2.19 bits per heavy atom. The third kappa shape index (κ3) is 5.03. The molecular formula is C19H22F2N2O3S. The molecule has 1 unspecified atom stereocenters. The Labute approximate surface area is 158 Å². The van der Waals surface area contributed by atoms with Crippen LogP contribution >= 0.6 is 0 Å². The third-order valence-electron chi connectivity index (χ3n) is 3.98. The van der Waals surface area contributed by atoms with Gasteiger partial charge in [-0.3, -0.25) is 9.10 Å². The third-order valence-corrected chi connectivity index (χ3v) is 5.16. The summed E-state index contributed by atoms with van der Waals surface area (Å²) in [6, 6.07) is 6.89. The van der Waals surface area contributed by atoms with E-state index in [0.717, 1.165) is 33.8 Å². The minimum atomic E-state index is -3.80. The molecule has 1 N–H and O–H groups in total. The highest BCUT2D eigenvalue weighted by molar-refractivity contribution is 7.92. The lowest BCUT2D eigenvalue weighted by Gasteiger charge is -2.30. The monoisotopic (exact) mass is 396 g/mol. The predicted octanol–water partition coefficient (Wildman–Crippen LogP) is 3.76. The van der Waals surface area contributed by atoms with Crippen LogP contribution in [0.15, 0.2) is 36.4 Å². The second-order valence-corrected chi connectivity index (χ2v) is 8.30. The van der Waals surface area contributed by atoms with Crippen molar-refractivity contribution in [3.05, 3.63) is 59.2 Å². The summed E-state index contributed by atoms with van der Waals surface area (Å²) in [5.41, 5.74) is 1.84. The number of nitrogens with zero attached hydrogens (tertiary/aromatic N) is 1. The van der Waals surface area contributed by atoms with E-state index in [2.05, 4.69) is 5.32 Å². The first-order valence-corrected chi connectivity index (χ1v) is 10.2. The highest BCUT2D eigenvalue weighted by Gasteiger charge is 2.32. The Morgan fingerprint density at radius 2 is 1.70 bits per heavy atom. The highest BCUT2D eigenvalue weighted by atomic mass is 32.2. The van der Waals surface area contributed by atoms with Crippen molar-refractivity contribution in [3.8, 4) is 0 Å². The molecule has 5 nitrogen and oxygen atoms in total. The van der Waals surface area contributed by atoms with Gasteiger partial charge in [0.25, 0.3) is 0 Å². The number of aryl methyl sites for hydroxylation is 2. The number of nitrogens with one attached hydrogen (secondary N) is 1. The van der Waals surface area contributed by atoms with E-state index < -0.39 is 33.6 Å². The summed E-state index contributed by atoms with van der Waals surface area (Å²) in [6.07, 6.45) is 1.17. The van der Waals surface area contributed by atoms with Gasteiger partial charge >= 0.3 is 0 Å². The zero-order valence-corrected chi connectivity index (χ0v) is 16.4. The standard InChI is InChI=1S/C19H22F2N2O3S/c1-5-18(19(24)22-17-7-6-14(20)11-16(17)21)23(27(4,25)26)15-9-12(2)8-13(3)10-15/h6-11,18H,5H2,1-4H3,(H,22,24). The molecule has 0 heterocycles. The molecule has 0 spiro atoms. The number of sulfonamides is 1. The number of amides is 1. The van der Waals surface area contributed by atoms with Crippen molar-refractivity contribution in [3.63, 3.8) is 0 Å². The van der Waals surface area contributed by atoms with E-state index in [0.29, 0.717) is 11.8 Å². The van der Waals surface area contributed by atoms with Crippen molar-refractivity contribution < 1.29 is 22.0 Å². The van der Waals surface area contributed by atoms with Crippen LogP contribution in [-0.4, -0.2) is 26.6 Å². The van der Waals surface area contributed by atoms with E-state index in [9.17, 15) is 22.0 Å². The average Bonchev–Trinajstić information content (AvgIpc) is 2.52. The fourth-order valence-electron chi connectivity index (χ4n) is 2.95. The zero-order valence-electron chi connectivity index (χ0n) is 15.6. The highest BCUT2D eigenvalue weighted by Crippen LogP contribution is 2.26. The Bertz CT molecular complexity index is 941. The molecule has 0 aliphatic heterocycles. The summed E-state index contributed by atoms with van der Waals surface area (Å²) in [5.74, 6) is -2.41. The van der Waals surface area contributed by atoms with E-state index in [1.807, 2.05) is 19.9 Å². The largest absolute Gasteiger partial charge is 0.322 e. The molecule has 27 heavy (non-hydrogen) atoms. The number of carbonyl (C=O) groups excluding carboxylic acids is 1. The number of anilines is 2. The van der Waals surface area contributed by atoms with Crippen LogP contribution in [0.25, 0.3) is 0 Å². The molecule has 0 radical (unpaired) electrons. The summed E-state index contributed by atoms with van der Waals surface area (Å²) in [7, 11) is -3.80. The molecular weight excluding hydrogens is 374 g/mol. The lowest BCUT2D eigenvalue weighted by atomic mass is 10.1. The van der Waals surface area contributed by atoms with Crippen LogP contribution in [0.5, 0.6) is 0 Å². The number of hydrogen-bond donors (Lipinski definition) is 1. The van der Waals surface area contributed by atoms with Crippen molar-refractivity contribution in [2.24, 2.45) is 0 Å². The Kier molecular flexibility index (Phi) is 6.20. The lowest BCUT2D eigenvalue weighted by Crippen LogP contribution is -2.47. The topological polar surface area (TPSA) is 66.5 Å². The summed E-state index contributed by atoms with van der Waals surface area (Å²) < 4.78 is 52.8. The van der Waals surface area contributed by atoms with Crippen LogP contribution in [0.1, 0.15) is 24.5 Å². The van der Waals surface area contributed by atoms with Crippen LogP contribution in [0, 0.1) is 25.5 Å². The van der Waals surface area contributed by atoms with Gasteiger partial charge in [0.05, 0.1) is 17.6 Å². The molecule has 146 valence electrons. The van der Waals surface area contributed by atoms with E-state index >= 15 is 0 Å². The first kappa shape index (κ1) is 20.8. The normalized spacial score (nSPS) is 12.5. The smallest absolute Gasteiger partial charge is 0.248 e. The molecule has 2 aromatic rings. The summed E-state index contributed by atoms with van der Waals surface area (Å²) in [4.78, 5) is 12.7. The van der Waals surface area contributed by atoms with Gasteiger partial charge in [-0.15, -0.1) is 0 Å². The molecule has 8 heteroatoms. The Hall–Kier alpha value is -2.48. The molecule has 0 aliphatic carbocycles. The number of rotatable bonds is 6. The fraction of sp³-hybridized carbons (Fsp3) is 0.316. The number of benzene rings is 2. The van der Waals surface area contributed by atoms with Crippen LogP contribution in [0.3, 0.4) is 0 Å². The summed E-state index contributed by atoms with van der Waals surface area (Å²) in [6.45, 7) is 5.31. The minimum absolute atomic E-state index is 0.161. The molecule has 1 atom stereocenters. The molecule has 0 aromatic heterocycles. The number of halogens is 2. The average molecular weight is 396 g/mol. The number of carbonyl (C=O) groups is 1. The van der Waals surface area contributed by atoms with Crippen molar-refractivity contribution in [1.82, 2.24) is 0 Å². The van der Waals surface area contributed by atoms with Crippen LogP contribution < -0.4 is 9.62 Å². The molecule has 0 bridgehead atoms. The van der Waals surface area contributed by atoms with E-state index in [-0.39, 0.29) is 12.1 Å². The Morgan fingerprint density at radius 1 is 1.11 bits per heavy atom. The van der Waals surface area contributed by atoms with Gasteiger partial charge in [0.15, 0.2) is 0 Å². The van der Waals surface area contributed by atoms with Crippen molar-refractivity contribution in [1.29, 1.82) is 0 Å². The molecule has 0 fully saturated rings. The maximum Gasteiger partial charge on any atom is 0.248 e. The molecule has 2 rings (SSSR count). The zero-order chi connectivity index (χ0) is 20.4. The SMILES string of the molecule is CCC(C(=O)Nc1ccc(F)cc1F)N(c1cc(C)cc(C)c1)S(C)(=O)=O. The van der Waals surface area contributed by atoms with Crippen LogP contribution in [0.4, 0.5) is 20.2 Å². The fourth-order valence-corrected chi connectivity index (χ4v) is 4.14. The van der Waals surface area contributed by atoms with Gasteiger partial charge in [0, 0.05) is 6.07 Å². The lowest BCUT2D eigenvalue weighted by molar-refractivity contribution is -0.117. The summed E-state index contributed by atoms with van der Waals surface area (Å²) >= 11 is 0. The maximum atomic E-state index is 13.9. The first-order valence-electron chi connectivity index (χ1n) is 8.36. The van der Waals surface area contributed by atoms with Gasteiger partial charge in [0.2, 0.25) is 15.9 Å². The van der Waals surface area contributed by atoms with Gasteiger partial charge in [0.1, 0.15) is 17.7 Å². The van der Waals surface area contributed by atoms with Crippen LogP contribution in [-0.2, 0) is 14.8 Å². The van der Waals surface area contributed by atoms with Crippen molar-refractivity contribution in [2.75, 3.05) is 15.9 Å². The molecule has 0 saturated heterocycles. The van der Waals surface area contributed by atoms with E-state index in [1.54, 1.807) is 19.1 Å². The van der Waals surface area contributed by atoms with Gasteiger partial charge in [-0.05, 0) is 55.7 Å². The van der Waals surface area contributed by atoms with Gasteiger partial charge in [-0.1, -0.05) is 13.0 Å². The van der Waals surface area contributed by atoms with E-state index in [4.69, 9.17) is 0 Å². The molecule has 1 amide bonds. The quantitative estimate of drug-likeness (QED) is 0.808. The molecule has 0 aliphatic rings. The second-order valence-electron chi connectivity index (χ2n) is 6.44. The van der Waals surface area contributed by atoms with Crippen molar-refractivity contribution in [2.45, 2.75) is 33.2 Å². The Balaban J connectivity index is 2.44. The van der Waals surface area contributed by atoms with Gasteiger partial charge in [-0.2, -0.15) is 0 Å². The second kappa shape index (κ2) is 8.04. The minimum Gasteiger partial charge on any atom is -0.322 e. The van der Waals surface area contributed by atoms with Crippen molar-refractivity contribution >= 4 is 27.3 Å². The van der Waals surface area contributed by atoms with Gasteiger partial charge < -0.3 is 5.32 Å². The predicted molar refractivity (Wildman–Crippen MR) is 102 cm³/mol. The summed E-state index contributed by atoms with van der Waals surface area (Å²) in [5, 5.41) is 2.35. The molecule has 2 aromatic carbocycles. The van der Waals surface area contributed by atoms with E-state index in [1.165, 1.54) is 0 Å². The number of hydrogen-bond acceptors (Lipinski definition) is 3. The van der Waals surface area contributed by atoms with Gasteiger partial charge in [-0.25, -0.2) is 17.2 Å². The first-order chi connectivity index (χ1) is 12.5. The molecule has 0 saturated carbocycles. The maximum absolute atomic E-state index is 13.9.